The molecule has 1 saturated heterocycles. The summed E-state index contributed by atoms with van der Waals surface area (Å²) >= 11 is 0. The average molecular weight is 392 g/mol. The number of hydrogen-bond acceptors (Lipinski definition) is 1. The number of allylic oxidation sites excluding steroid dienone is 1. The summed E-state index contributed by atoms with van der Waals surface area (Å²) < 4.78 is 0. The number of hydrogen-bond donors (Lipinski definition) is 0. The number of benzene rings is 1. The predicted octanol–water partition coefficient (Wildman–Crippen LogP) is 4.08. The zero-order valence-corrected chi connectivity index (χ0v) is 17.7. The van der Waals surface area contributed by atoms with E-state index in [1.54, 1.807) is 13.0 Å². The first-order valence-electron chi connectivity index (χ1n) is 7.14. The molecule has 0 N–H and O–H groups in total. The van der Waals surface area contributed by atoms with Crippen molar-refractivity contribution in [1.29, 1.82) is 0 Å². The zero-order valence-electron chi connectivity index (χ0n) is 13.9. The van der Waals surface area contributed by atoms with E-state index in [1.807, 2.05) is 49.9 Å². The van der Waals surface area contributed by atoms with Crippen molar-refractivity contribution >= 4 is 19.4 Å². The first-order valence-corrected chi connectivity index (χ1v) is 7.14. The summed E-state index contributed by atoms with van der Waals surface area (Å²) in [6, 6.07) is 7.68. The average Bonchev–Trinajstić information content (AvgIpc) is 2.40. The van der Waals surface area contributed by atoms with Crippen LogP contribution in [0.15, 0.2) is 35.9 Å². The fraction of sp³-hybridized carbons (Fsp3) is 0.389. The zero-order chi connectivity index (χ0) is 15.1. The molecule has 2 rings (SSSR count). The van der Waals surface area contributed by atoms with Crippen LogP contribution in [0.4, 0.5) is 0 Å². The third-order valence-electron chi connectivity index (χ3n) is 3.35. The van der Waals surface area contributed by atoms with E-state index in [0.717, 1.165) is 24.1 Å². The first-order chi connectivity index (χ1) is 9.65. The molecule has 1 heterocycles. The Hall–Kier alpha value is -0.376. The molecule has 0 bridgehead atoms. The van der Waals surface area contributed by atoms with Crippen molar-refractivity contribution in [2.24, 2.45) is 0 Å². The van der Waals surface area contributed by atoms with Crippen LogP contribution in [0.5, 0.6) is 0 Å². The van der Waals surface area contributed by atoms with Gasteiger partial charge in [-0.15, -0.1) is 6.92 Å². The van der Waals surface area contributed by atoms with Crippen LogP contribution in [0.25, 0.3) is 0 Å². The van der Waals surface area contributed by atoms with Gasteiger partial charge in [0.05, 0.1) is 0 Å². The molecule has 119 valence electrons. The van der Waals surface area contributed by atoms with E-state index in [1.165, 1.54) is 0 Å². The summed E-state index contributed by atoms with van der Waals surface area (Å²) in [6.07, 6.45) is 5.59. The van der Waals surface area contributed by atoms with Gasteiger partial charge >= 0.3 is 0 Å². The number of carbonyl (C=O) groups excluding carboxylic acids is 1. The molecular formula is C18H25NOSY-2. The van der Waals surface area contributed by atoms with E-state index in [0.29, 0.717) is 5.57 Å². The van der Waals surface area contributed by atoms with Gasteiger partial charge in [-0.3, -0.25) is 4.79 Å². The van der Waals surface area contributed by atoms with Crippen LogP contribution in [0.3, 0.4) is 0 Å². The Kier molecular flexibility index (Phi) is 13.1. The van der Waals surface area contributed by atoms with E-state index >= 15 is 0 Å². The van der Waals surface area contributed by atoms with Gasteiger partial charge in [0, 0.05) is 44.8 Å². The summed E-state index contributed by atoms with van der Waals surface area (Å²) in [7, 11) is 0. The number of nitrogens with zero attached hydrogens (tertiary/aromatic N) is 1. The van der Waals surface area contributed by atoms with Gasteiger partial charge in [-0.1, -0.05) is 32.0 Å². The van der Waals surface area contributed by atoms with Gasteiger partial charge in [-0.05, 0) is 31.0 Å². The summed E-state index contributed by atoms with van der Waals surface area (Å²) in [5, 5.41) is 0. The van der Waals surface area contributed by atoms with E-state index in [9.17, 15) is 4.79 Å². The molecule has 1 atom stereocenters. The van der Waals surface area contributed by atoms with Crippen molar-refractivity contribution in [3.8, 4) is 0 Å². The maximum absolute atomic E-state index is 12.4. The minimum atomic E-state index is 0. The number of amides is 1. The van der Waals surface area contributed by atoms with E-state index in [4.69, 9.17) is 6.58 Å². The third-order valence-corrected chi connectivity index (χ3v) is 3.35. The molecule has 0 aliphatic carbocycles. The van der Waals surface area contributed by atoms with Gasteiger partial charge in [0.2, 0.25) is 0 Å². The quantitative estimate of drug-likeness (QED) is 0.561. The Labute approximate surface area is 167 Å². The Balaban J connectivity index is 0. The topological polar surface area (TPSA) is 20.3 Å². The number of likely N-dealkylation sites (tertiary alicyclic amines) is 1. The van der Waals surface area contributed by atoms with Crippen LogP contribution >= 0.6 is 13.5 Å². The maximum Gasteiger partial charge on any atom is 0.253 e. The van der Waals surface area contributed by atoms with E-state index < -0.39 is 0 Å². The second kappa shape index (κ2) is 12.1. The minimum Gasteiger partial charge on any atom is -0.389 e. The fourth-order valence-electron chi connectivity index (χ4n) is 2.21. The molecule has 1 radical (unpaired) electrons. The van der Waals surface area contributed by atoms with Crippen molar-refractivity contribution in [2.45, 2.75) is 40.2 Å². The van der Waals surface area contributed by atoms with Gasteiger partial charge in [-0.25, -0.2) is 0 Å². The van der Waals surface area contributed by atoms with Crippen LogP contribution in [-0.4, -0.2) is 23.4 Å². The molecule has 2 nitrogen and oxygen atoms in total. The Morgan fingerprint density at radius 2 is 1.95 bits per heavy atom. The van der Waals surface area contributed by atoms with Crippen LogP contribution in [0, 0.1) is 19.6 Å². The van der Waals surface area contributed by atoms with Crippen molar-refractivity contribution in [2.75, 3.05) is 6.54 Å². The van der Waals surface area contributed by atoms with Gasteiger partial charge in [0.1, 0.15) is 0 Å². The molecule has 0 spiro atoms. The number of rotatable bonds is 3. The third kappa shape index (κ3) is 5.68. The van der Waals surface area contributed by atoms with Crippen LogP contribution < -0.4 is 0 Å². The van der Waals surface area contributed by atoms with Crippen molar-refractivity contribution in [3.05, 3.63) is 59.7 Å². The Morgan fingerprint density at radius 3 is 2.41 bits per heavy atom. The molecule has 1 aliphatic heterocycles. The molecule has 1 amide bonds. The molecule has 1 aromatic carbocycles. The monoisotopic (exact) mass is 392 g/mol. The molecule has 1 fully saturated rings. The summed E-state index contributed by atoms with van der Waals surface area (Å²) in [6.45, 7) is 14.5. The Morgan fingerprint density at radius 1 is 1.36 bits per heavy atom. The van der Waals surface area contributed by atoms with Crippen LogP contribution in [0.1, 0.15) is 43.1 Å². The van der Waals surface area contributed by atoms with E-state index in [2.05, 4.69) is 6.08 Å². The standard InChI is InChI=1S/C16H17NO.C2H6.H2S.Y/c1-4-7-13(3)15-10-11-17(15)16(18)14-9-6-5-8-12(14)2;1-2;;/h3,5-9,15H,10-11H2,1-2H3;1-2H3;1H2;/q-2;;;/t15-;;;/m0.../s1. The minimum absolute atomic E-state index is 0. The molecule has 0 unspecified atom stereocenters. The molecule has 4 heteroatoms. The smallest absolute Gasteiger partial charge is 0.253 e. The summed E-state index contributed by atoms with van der Waals surface area (Å²) in [5.74, 6) is 0.0665. The fourth-order valence-corrected chi connectivity index (χ4v) is 2.21. The van der Waals surface area contributed by atoms with E-state index in [-0.39, 0.29) is 58.2 Å². The van der Waals surface area contributed by atoms with Crippen molar-refractivity contribution in [3.63, 3.8) is 0 Å². The normalized spacial score (nSPS) is 15.6. The second-order valence-electron chi connectivity index (χ2n) is 4.55. The van der Waals surface area contributed by atoms with Crippen LogP contribution in [0.2, 0.25) is 0 Å². The van der Waals surface area contributed by atoms with Crippen LogP contribution in [-0.2, 0) is 32.7 Å². The number of carbonyl (C=O) groups is 1. The van der Waals surface area contributed by atoms with Gasteiger partial charge < -0.3 is 29.2 Å². The largest absolute Gasteiger partial charge is 0.389 e. The van der Waals surface area contributed by atoms with Gasteiger partial charge in [0.15, 0.2) is 0 Å². The Bertz CT molecular complexity index is 514. The molecule has 0 aromatic heterocycles. The van der Waals surface area contributed by atoms with Crippen molar-refractivity contribution < 1.29 is 37.5 Å². The molecule has 1 aromatic rings. The summed E-state index contributed by atoms with van der Waals surface area (Å²) in [4.78, 5) is 14.2. The second-order valence-corrected chi connectivity index (χ2v) is 4.55. The molecule has 0 saturated carbocycles. The van der Waals surface area contributed by atoms with Crippen molar-refractivity contribution in [1.82, 2.24) is 4.90 Å². The predicted molar refractivity (Wildman–Crippen MR) is 93.6 cm³/mol. The SMILES string of the molecule is CC.S.[CH-]=C(C=[C-]C)[C@@H]1CCN1C(=O)c1ccccc1C.[Y]. The molecule has 1 aliphatic rings. The first kappa shape index (κ1) is 23.9. The molecular weight excluding hydrogens is 367 g/mol. The number of aryl methyl sites for hydroxylation is 1. The van der Waals surface area contributed by atoms with Gasteiger partial charge in [-0.2, -0.15) is 13.5 Å². The van der Waals surface area contributed by atoms with Gasteiger partial charge in [0.25, 0.3) is 5.91 Å². The molecule has 22 heavy (non-hydrogen) atoms. The summed E-state index contributed by atoms with van der Waals surface area (Å²) in [5.41, 5.74) is 2.48. The maximum atomic E-state index is 12.4.